The van der Waals surface area contributed by atoms with Crippen LogP contribution in [-0.2, 0) is 29.6 Å². The van der Waals surface area contributed by atoms with Crippen LogP contribution in [0.4, 0.5) is 17.1 Å². The number of benzene rings is 2. The van der Waals surface area contributed by atoms with Crippen LogP contribution in [0.1, 0.15) is 12.5 Å². The summed E-state index contributed by atoms with van der Waals surface area (Å²) in [5.74, 6) is -4.36. The van der Waals surface area contributed by atoms with E-state index >= 15 is 0 Å². The Balaban J connectivity index is 2.16. The van der Waals surface area contributed by atoms with Gasteiger partial charge in [-0.15, -0.1) is 0 Å². The number of hydrogen-bond acceptors (Lipinski definition) is 13. The Labute approximate surface area is 210 Å². The Kier molecular flexibility index (Phi) is 10.7. The predicted molar refractivity (Wildman–Crippen MR) is 130 cm³/mol. The summed E-state index contributed by atoms with van der Waals surface area (Å²) in [6.07, 6.45) is -0.584. The second kappa shape index (κ2) is 13.3. The number of nitrogens with one attached hydrogen (secondary N) is 2. The van der Waals surface area contributed by atoms with Gasteiger partial charge in [0.2, 0.25) is 0 Å². The molecular formula is C19H22N4O12P2. The van der Waals surface area contributed by atoms with Crippen molar-refractivity contribution in [2.24, 2.45) is 5.10 Å². The maximum absolute atomic E-state index is 12.6. The number of amides is 1. The molecule has 6 N–H and O–H groups in total. The number of aliphatic hydroxyl groups is 1. The van der Waals surface area contributed by atoms with Gasteiger partial charge in [0.25, 0.3) is 17.6 Å². The standard InChI is InChI=1S/C19H22N4O12P2/c1-11(24)17(22-21-15-8-7-14(23(27)28)9-16(15)33-2)18(25)20-13-5-3-12(4-6-13)10-19(26,34-36(29)30)35-37(31)32/h3-9,21,26,29-30,37H,10H2,1-2H3,(H,20,25)(H,31,32)/b22-17+. The van der Waals surface area contributed by atoms with Crippen molar-refractivity contribution in [1.82, 2.24) is 0 Å². The monoisotopic (exact) mass is 560 g/mol. The molecule has 37 heavy (non-hydrogen) atoms. The van der Waals surface area contributed by atoms with Crippen LogP contribution in [0.3, 0.4) is 0 Å². The van der Waals surface area contributed by atoms with E-state index in [0.717, 1.165) is 13.0 Å². The number of hydrogen-bond donors (Lipinski definition) is 6. The molecule has 0 aromatic heterocycles. The van der Waals surface area contributed by atoms with E-state index in [0.29, 0.717) is 0 Å². The Morgan fingerprint density at radius 3 is 2.38 bits per heavy atom. The molecule has 0 saturated heterocycles. The molecule has 0 aliphatic heterocycles. The molecule has 0 aliphatic carbocycles. The number of ether oxygens (including phenoxy) is 1. The highest BCUT2D eigenvalue weighted by Gasteiger charge is 2.35. The molecule has 0 radical (unpaired) electrons. The van der Waals surface area contributed by atoms with E-state index in [1.807, 2.05) is 0 Å². The predicted octanol–water partition coefficient (Wildman–Crippen LogP) is 1.41. The minimum atomic E-state index is -3.71. The Hall–Kier alpha value is -3.33. The van der Waals surface area contributed by atoms with Crippen molar-refractivity contribution in [2.75, 3.05) is 17.9 Å². The first-order valence-corrected chi connectivity index (χ1v) is 12.3. The summed E-state index contributed by atoms with van der Waals surface area (Å²) in [7, 11) is -5.57. The van der Waals surface area contributed by atoms with Crippen LogP contribution in [0.5, 0.6) is 5.75 Å². The Bertz CT molecular complexity index is 1210. The number of nitro groups is 1. The number of nitrogens with zero attached hydrogens (tertiary/aromatic N) is 2. The molecule has 2 rings (SSSR count). The van der Waals surface area contributed by atoms with Gasteiger partial charge in [-0.05, 0) is 23.8 Å². The molecule has 18 heteroatoms. The molecule has 2 aromatic carbocycles. The lowest BCUT2D eigenvalue weighted by Gasteiger charge is -2.26. The lowest BCUT2D eigenvalue weighted by atomic mass is 10.1. The molecule has 0 heterocycles. The summed E-state index contributed by atoms with van der Waals surface area (Å²) in [4.78, 5) is 61.7. The molecule has 2 atom stereocenters. The maximum Gasteiger partial charge on any atom is 0.331 e. The molecule has 2 unspecified atom stereocenters. The first kappa shape index (κ1) is 29.9. The highest BCUT2D eigenvalue weighted by molar-refractivity contribution is 7.39. The van der Waals surface area contributed by atoms with E-state index in [1.165, 1.54) is 43.5 Å². The number of rotatable bonds is 13. The van der Waals surface area contributed by atoms with E-state index in [2.05, 4.69) is 24.9 Å². The Morgan fingerprint density at radius 1 is 1.22 bits per heavy atom. The SMILES string of the molecule is COc1cc([N+](=O)[O-])ccc1N/N=C(\C(C)=O)C(=O)Nc1ccc(CC(O)(OP(O)O)O[PH](=O)O)cc1. The van der Waals surface area contributed by atoms with Gasteiger partial charge in [0, 0.05) is 18.7 Å². The van der Waals surface area contributed by atoms with E-state index in [-0.39, 0.29) is 28.4 Å². The van der Waals surface area contributed by atoms with Crippen molar-refractivity contribution in [3.05, 3.63) is 58.1 Å². The highest BCUT2D eigenvalue weighted by atomic mass is 31.2. The number of methoxy groups -OCH3 is 1. The third kappa shape index (κ3) is 9.24. The van der Waals surface area contributed by atoms with E-state index in [4.69, 9.17) is 19.4 Å². The fourth-order valence-corrected chi connectivity index (χ4v) is 3.61. The van der Waals surface area contributed by atoms with E-state index < -0.39 is 51.6 Å². The highest BCUT2D eigenvalue weighted by Crippen LogP contribution is 2.38. The zero-order chi connectivity index (χ0) is 27.8. The van der Waals surface area contributed by atoms with Gasteiger partial charge in [0.15, 0.2) is 17.2 Å². The normalized spacial score (nSPS) is 14.0. The minimum Gasteiger partial charge on any atom is -0.494 e. The zero-order valence-electron chi connectivity index (χ0n) is 19.1. The summed E-state index contributed by atoms with van der Waals surface area (Å²) in [6, 6.07) is 8.99. The maximum atomic E-state index is 12.6. The third-order valence-corrected chi connectivity index (χ3v) is 5.29. The lowest BCUT2D eigenvalue weighted by Crippen LogP contribution is -2.34. The first-order chi connectivity index (χ1) is 17.3. The van der Waals surface area contributed by atoms with Crippen LogP contribution in [-0.4, -0.2) is 55.2 Å². The van der Waals surface area contributed by atoms with Crippen LogP contribution in [0.25, 0.3) is 0 Å². The smallest absolute Gasteiger partial charge is 0.331 e. The van der Waals surface area contributed by atoms with Crippen LogP contribution < -0.4 is 15.5 Å². The summed E-state index contributed by atoms with van der Waals surface area (Å²) >= 11 is 0. The van der Waals surface area contributed by atoms with Gasteiger partial charge >= 0.3 is 16.9 Å². The third-order valence-electron chi connectivity index (χ3n) is 4.34. The molecule has 0 aliphatic rings. The molecule has 0 bridgehead atoms. The van der Waals surface area contributed by atoms with Gasteiger partial charge in [-0.1, -0.05) is 12.1 Å². The van der Waals surface area contributed by atoms with Gasteiger partial charge < -0.3 is 29.8 Å². The number of carbonyl (C=O) groups is 2. The van der Waals surface area contributed by atoms with Crippen LogP contribution in [0, 0.1) is 10.1 Å². The molecular weight excluding hydrogens is 538 g/mol. The topological polar surface area (TPSA) is 239 Å². The second-order valence-electron chi connectivity index (χ2n) is 7.02. The largest absolute Gasteiger partial charge is 0.494 e. The molecule has 16 nitrogen and oxygen atoms in total. The number of nitro benzene ring substituents is 1. The van der Waals surface area contributed by atoms with Crippen molar-refractivity contribution in [2.45, 2.75) is 19.3 Å². The molecule has 0 fully saturated rings. The number of anilines is 2. The van der Waals surface area contributed by atoms with E-state index in [1.54, 1.807) is 0 Å². The minimum absolute atomic E-state index is 0.0474. The van der Waals surface area contributed by atoms with E-state index in [9.17, 15) is 29.4 Å². The zero-order valence-corrected chi connectivity index (χ0v) is 21.0. The molecule has 1 amide bonds. The van der Waals surface area contributed by atoms with Gasteiger partial charge in [0.05, 0.1) is 30.2 Å². The number of hydrazone groups is 1. The van der Waals surface area contributed by atoms with Gasteiger partial charge in [0.1, 0.15) is 0 Å². The average molecular weight is 560 g/mol. The molecule has 0 spiro atoms. The molecule has 0 saturated carbocycles. The number of carbonyl (C=O) groups excluding carboxylic acids is 2. The van der Waals surface area contributed by atoms with Crippen molar-refractivity contribution in [1.29, 1.82) is 0 Å². The fraction of sp³-hybridized carbons (Fsp3) is 0.211. The summed E-state index contributed by atoms with van der Waals surface area (Å²) in [5, 5.41) is 27.3. The van der Waals surface area contributed by atoms with Crippen molar-refractivity contribution in [3.63, 3.8) is 0 Å². The van der Waals surface area contributed by atoms with Crippen LogP contribution >= 0.6 is 16.9 Å². The number of non-ortho nitro benzene ring substituents is 1. The second-order valence-corrected chi connectivity index (χ2v) is 8.45. The summed E-state index contributed by atoms with van der Waals surface area (Å²) in [6.45, 7) is 1.10. The lowest BCUT2D eigenvalue weighted by molar-refractivity contribution is -0.384. The summed E-state index contributed by atoms with van der Waals surface area (Å²) < 4.78 is 24.8. The van der Waals surface area contributed by atoms with Crippen molar-refractivity contribution < 1.29 is 52.6 Å². The number of ketones is 1. The Morgan fingerprint density at radius 2 is 1.86 bits per heavy atom. The van der Waals surface area contributed by atoms with Crippen molar-refractivity contribution >= 4 is 51.3 Å². The fourth-order valence-electron chi connectivity index (χ4n) is 2.80. The average Bonchev–Trinajstić information content (AvgIpc) is 2.78. The molecule has 200 valence electrons. The van der Waals surface area contributed by atoms with Crippen molar-refractivity contribution in [3.8, 4) is 5.75 Å². The van der Waals surface area contributed by atoms with Gasteiger partial charge in [-0.3, -0.25) is 38.7 Å². The van der Waals surface area contributed by atoms with Crippen LogP contribution in [0.15, 0.2) is 47.6 Å². The quantitative estimate of drug-likeness (QED) is 0.0508. The van der Waals surface area contributed by atoms with Gasteiger partial charge in [-0.2, -0.15) is 5.10 Å². The molecule has 2 aromatic rings. The number of Topliss-reactive ketones (excluding diaryl/α,β-unsaturated/α-hetero) is 1. The van der Waals surface area contributed by atoms with Gasteiger partial charge in [-0.25, -0.2) is 0 Å². The van der Waals surface area contributed by atoms with Crippen LogP contribution in [0.2, 0.25) is 0 Å². The first-order valence-electron chi connectivity index (χ1n) is 9.92. The summed E-state index contributed by atoms with van der Waals surface area (Å²) in [5.41, 5.74) is 2.27.